The van der Waals surface area contributed by atoms with E-state index in [4.69, 9.17) is 4.98 Å². The van der Waals surface area contributed by atoms with Gasteiger partial charge < -0.3 is 15.1 Å². The summed E-state index contributed by atoms with van der Waals surface area (Å²) in [4.78, 5) is 9.51. The van der Waals surface area contributed by atoms with Crippen LogP contribution in [0.2, 0.25) is 0 Å². The van der Waals surface area contributed by atoms with Crippen molar-refractivity contribution in [3.63, 3.8) is 0 Å². The molecule has 1 aromatic rings. The van der Waals surface area contributed by atoms with Gasteiger partial charge in [0.05, 0.1) is 5.69 Å². The fourth-order valence-electron chi connectivity index (χ4n) is 2.65. The van der Waals surface area contributed by atoms with E-state index in [2.05, 4.69) is 48.4 Å². The Balaban J connectivity index is 1.81. The van der Waals surface area contributed by atoms with Crippen molar-refractivity contribution in [2.75, 3.05) is 38.6 Å². The van der Waals surface area contributed by atoms with Gasteiger partial charge in [-0.25, -0.2) is 4.98 Å². The Morgan fingerprint density at radius 1 is 1.55 bits per heavy atom. The monoisotopic (exact) mass is 296 g/mol. The number of aromatic nitrogens is 1. The smallest absolute Gasteiger partial charge is 0.185 e. The molecular formula is C15H28N4S. The average Bonchev–Trinajstić information content (AvgIpc) is 2.99. The number of nitrogens with zero attached hydrogens (tertiary/aromatic N) is 3. The summed E-state index contributed by atoms with van der Waals surface area (Å²) in [6.07, 6.45) is 2.65. The van der Waals surface area contributed by atoms with Crippen LogP contribution < -0.4 is 10.2 Å². The zero-order valence-electron chi connectivity index (χ0n) is 13.2. The first-order valence-electron chi connectivity index (χ1n) is 7.62. The maximum atomic E-state index is 4.74. The van der Waals surface area contributed by atoms with Gasteiger partial charge in [-0.1, -0.05) is 13.8 Å². The van der Waals surface area contributed by atoms with Gasteiger partial charge in [-0.2, -0.15) is 0 Å². The van der Waals surface area contributed by atoms with E-state index in [1.54, 1.807) is 11.3 Å². The van der Waals surface area contributed by atoms with Gasteiger partial charge in [0.1, 0.15) is 0 Å². The van der Waals surface area contributed by atoms with Crippen LogP contribution in [0.15, 0.2) is 5.38 Å². The second-order valence-electron chi connectivity index (χ2n) is 6.30. The molecule has 5 heteroatoms. The van der Waals surface area contributed by atoms with Crippen LogP contribution in [0.5, 0.6) is 0 Å². The van der Waals surface area contributed by atoms with E-state index in [1.165, 1.54) is 19.4 Å². The van der Waals surface area contributed by atoms with Crippen LogP contribution in [0.1, 0.15) is 32.4 Å². The molecule has 114 valence electrons. The number of thiazole rings is 1. The van der Waals surface area contributed by atoms with Crippen LogP contribution in [0.4, 0.5) is 5.13 Å². The normalized spacial score (nSPS) is 19.9. The molecule has 0 bridgehead atoms. The number of nitrogens with one attached hydrogen (secondary N) is 1. The minimum absolute atomic E-state index is 0.686. The highest BCUT2D eigenvalue weighted by atomic mass is 32.1. The van der Waals surface area contributed by atoms with Crippen molar-refractivity contribution in [2.24, 2.45) is 5.92 Å². The van der Waals surface area contributed by atoms with E-state index in [0.29, 0.717) is 12.0 Å². The van der Waals surface area contributed by atoms with Gasteiger partial charge in [-0.3, -0.25) is 0 Å². The highest BCUT2D eigenvalue weighted by Crippen LogP contribution is 2.22. The second-order valence-corrected chi connectivity index (χ2v) is 7.14. The molecule has 4 nitrogen and oxygen atoms in total. The molecule has 0 aliphatic carbocycles. The van der Waals surface area contributed by atoms with Gasteiger partial charge in [0.25, 0.3) is 0 Å². The van der Waals surface area contributed by atoms with Crippen molar-refractivity contribution in [1.29, 1.82) is 0 Å². The standard InChI is InChI=1S/C15H28N4S/c1-12(2)8-16-9-13-11-20-15(17-13)19(4)10-14-6-5-7-18(14)3/h11-12,14,16H,5-10H2,1-4H3. The van der Waals surface area contributed by atoms with Gasteiger partial charge in [0, 0.05) is 31.6 Å². The lowest BCUT2D eigenvalue weighted by molar-refractivity contribution is 0.314. The Kier molecular flexibility index (Phi) is 5.81. The SMILES string of the molecule is CC(C)CNCc1csc(N(C)CC2CCCN2C)n1. The van der Waals surface area contributed by atoms with E-state index < -0.39 is 0 Å². The summed E-state index contributed by atoms with van der Waals surface area (Å²) >= 11 is 1.76. The average molecular weight is 296 g/mol. The molecule has 0 spiro atoms. The molecule has 1 aliphatic heterocycles. The first-order valence-corrected chi connectivity index (χ1v) is 8.50. The Morgan fingerprint density at radius 2 is 2.35 bits per heavy atom. The highest BCUT2D eigenvalue weighted by Gasteiger charge is 2.22. The van der Waals surface area contributed by atoms with Crippen LogP contribution in [0.25, 0.3) is 0 Å². The van der Waals surface area contributed by atoms with Crippen LogP contribution in [-0.2, 0) is 6.54 Å². The molecule has 1 fully saturated rings. The van der Waals surface area contributed by atoms with Crippen LogP contribution in [-0.4, -0.2) is 49.7 Å². The van der Waals surface area contributed by atoms with E-state index in [9.17, 15) is 0 Å². The van der Waals surface area contributed by atoms with E-state index in [-0.39, 0.29) is 0 Å². The number of rotatable bonds is 7. The minimum atomic E-state index is 0.686. The Morgan fingerprint density at radius 3 is 3.00 bits per heavy atom. The molecule has 2 rings (SSSR count). The lowest BCUT2D eigenvalue weighted by atomic mass is 10.2. The molecule has 2 heterocycles. The van der Waals surface area contributed by atoms with Crippen molar-refractivity contribution >= 4 is 16.5 Å². The third-order valence-electron chi connectivity index (χ3n) is 3.88. The molecule has 0 saturated carbocycles. The third-order valence-corrected chi connectivity index (χ3v) is 4.88. The zero-order chi connectivity index (χ0) is 14.5. The summed E-state index contributed by atoms with van der Waals surface area (Å²) in [6, 6.07) is 0.686. The van der Waals surface area contributed by atoms with E-state index in [0.717, 1.165) is 30.5 Å². The molecule has 1 aliphatic rings. The Bertz CT molecular complexity index is 404. The third kappa shape index (κ3) is 4.43. The molecule has 0 radical (unpaired) electrons. The fraction of sp³-hybridized carbons (Fsp3) is 0.800. The quantitative estimate of drug-likeness (QED) is 0.837. The number of hydrogen-bond donors (Lipinski definition) is 1. The van der Waals surface area contributed by atoms with Gasteiger partial charge in [-0.15, -0.1) is 11.3 Å². The maximum Gasteiger partial charge on any atom is 0.185 e. The lowest BCUT2D eigenvalue weighted by Crippen LogP contribution is -2.36. The topological polar surface area (TPSA) is 31.4 Å². The van der Waals surface area contributed by atoms with Gasteiger partial charge in [0.15, 0.2) is 5.13 Å². The van der Waals surface area contributed by atoms with Crippen molar-refractivity contribution in [1.82, 2.24) is 15.2 Å². The molecule has 1 N–H and O–H groups in total. The molecule has 0 amide bonds. The largest absolute Gasteiger partial charge is 0.350 e. The first kappa shape index (κ1) is 15.7. The second kappa shape index (κ2) is 7.38. The van der Waals surface area contributed by atoms with Crippen molar-refractivity contribution in [3.05, 3.63) is 11.1 Å². The number of likely N-dealkylation sites (tertiary alicyclic amines) is 1. The molecule has 1 atom stereocenters. The van der Waals surface area contributed by atoms with Gasteiger partial charge >= 0.3 is 0 Å². The number of likely N-dealkylation sites (N-methyl/N-ethyl adjacent to an activating group) is 2. The van der Waals surface area contributed by atoms with Crippen molar-refractivity contribution < 1.29 is 0 Å². The summed E-state index contributed by atoms with van der Waals surface area (Å²) in [5.41, 5.74) is 1.16. The van der Waals surface area contributed by atoms with E-state index in [1.807, 2.05) is 0 Å². The number of anilines is 1. The highest BCUT2D eigenvalue weighted by molar-refractivity contribution is 7.13. The predicted molar refractivity (Wildman–Crippen MR) is 87.6 cm³/mol. The summed E-state index contributed by atoms with van der Waals surface area (Å²) in [5, 5.41) is 6.77. The Hall–Kier alpha value is -0.650. The van der Waals surface area contributed by atoms with Crippen molar-refractivity contribution in [2.45, 2.75) is 39.3 Å². The summed E-state index contributed by atoms with van der Waals surface area (Å²) in [6.45, 7) is 8.71. The van der Waals surface area contributed by atoms with Crippen LogP contribution in [0.3, 0.4) is 0 Å². The predicted octanol–water partition coefficient (Wildman–Crippen LogP) is 2.42. The summed E-state index contributed by atoms with van der Waals surface area (Å²) < 4.78 is 0. The maximum absolute atomic E-state index is 4.74. The fourth-order valence-corrected chi connectivity index (χ4v) is 3.45. The summed E-state index contributed by atoms with van der Waals surface area (Å²) in [5.74, 6) is 0.689. The van der Waals surface area contributed by atoms with Crippen LogP contribution in [0, 0.1) is 5.92 Å². The molecule has 1 unspecified atom stereocenters. The molecule has 20 heavy (non-hydrogen) atoms. The lowest BCUT2D eigenvalue weighted by Gasteiger charge is -2.25. The van der Waals surface area contributed by atoms with E-state index >= 15 is 0 Å². The Labute approximate surface area is 127 Å². The van der Waals surface area contributed by atoms with Crippen LogP contribution >= 0.6 is 11.3 Å². The van der Waals surface area contributed by atoms with Crippen molar-refractivity contribution in [3.8, 4) is 0 Å². The summed E-state index contributed by atoms with van der Waals surface area (Å²) in [7, 11) is 4.39. The molecule has 0 aromatic carbocycles. The first-order chi connectivity index (χ1) is 9.56. The molecular weight excluding hydrogens is 268 g/mol. The number of hydrogen-bond acceptors (Lipinski definition) is 5. The van der Waals surface area contributed by atoms with Gasteiger partial charge in [-0.05, 0) is 38.9 Å². The zero-order valence-corrected chi connectivity index (χ0v) is 14.0. The molecule has 1 saturated heterocycles. The van der Waals surface area contributed by atoms with Gasteiger partial charge in [0.2, 0.25) is 0 Å². The minimum Gasteiger partial charge on any atom is -0.350 e. The molecule has 1 aromatic heterocycles.